The minimum Gasteiger partial charge on any atom is -0.410 e. The fraction of sp³-hybridized carbons (Fsp3) is 0.474. The smallest absolute Gasteiger partial charge is 0.192 e. The van der Waals surface area contributed by atoms with E-state index in [1.54, 1.807) is 0 Å². The second-order valence-electron chi connectivity index (χ2n) is 7.21. The molecule has 0 fully saturated rings. The van der Waals surface area contributed by atoms with Gasteiger partial charge in [-0.25, -0.2) is 0 Å². The molecule has 0 bridgehead atoms. The Morgan fingerprint density at radius 1 is 1.14 bits per heavy atom. The number of rotatable bonds is 6. The summed E-state index contributed by atoms with van der Waals surface area (Å²) in [5, 5.41) is 0.215. The molecule has 2 heteroatoms. The van der Waals surface area contributed by atoms with E-state index in [0.29, 0.717) is 5.92 Å². The molecule has 0 radical (unpaired) electrons. The van der Waals surface area contributed by atoms with E-state index in [0.717, 1.165) is 0 Å². The number of hydrogen-bond donors (Lipinski definition) is 0. The zero-order valence-corrected chi connectivity index (χ0v) is 15.4. The van der Waals surface area contributed by atoms with Gasteiger partial charge < -0.3 is 4.43 Å². The zero-order valence-electron chi connectivity index (χ0n) is 14.4. The highest BCUT2D eigenvalue weighted by molar-refractivity contribution is 6.74. The molecular formula is C19H30OSi. The van der Waals surface area contributed by atoms with Crippen molar-refractivity contribution in [3.8, 4) is 0 Å². The molecule has 116 valence electrons. The molecule has 0 aliphatic heterocycles. The Balaban J connectivity index is 2.92. The maximum Gasteiger partial charge on any atom is 0.192 e. The van der Waals surface area contributed by atoms with Crippen LogP contribution in [0.1, 0.15) is 33.3 Å². The van der Waals surface area contributed by atoms with Crippen molar-refractivity contribution in [3.05, 3.63) is 54.6 Å². The Morgan fingerprint density at radius 2 is 1.71 bits per heavy atom. The van der Waals surface area contributed by atoms with Crippen molar-refractivity contribution in [1.29, 1.82) is 0 Å². The van der Waals surface area contributed by atoms with Crippen molar-refractivity contribution in [2.75, 3.05) is 0 Å². The minimum atomic E-state index is -1.78. The summed E-state index contributed by atoms with van der Waals surface area (Å²) in [5.41, 5.74) is 1.21. The topological polar surface area (TPSA) is 9.23 Å². The van der Waals surface area contributed by atoms with Gasteiger partial charge in [0, 0.05) is 5.92 Å². The first-order valence-electron chi connectivity index (χ1n) is 7.71. The summed E-state index contributed by atoms with van der Waals surface area (Å²) in [6, 6.07) is 10.4. The average Bonchev–Trinajstić information content (AvgIpc) is 2.42. The highest BCUT2D eigenvalue weighted by Crippen LogP contribution is 2.38. The summed E-state index contributed by atoms with van der Waals surface area (Å²) < 4.78 is 6.56. The van der Waals surface area contributed by atoms with Crippen LogP contribution in [0.25, 0.3) is 6.08 Å². The molecule has 0 N–H and O–H groups in total. The Morgan fingerprint density at radius 3 is 2.19 bits per heavy atom. The van der Waals surface area contributed by atoms with Crippen LogP contribution in [0, 0.1) is 5.92 Å². The van der Waals surface area contributed by atoms with E-state index < -0.39 is 8.32 Å². The highest BCUT2D eigenvalue weighted by atomic mass is 28.4. The van der Waals surface area contributed by atoms with Gasteiger partial charge in [0.2, 0.25) is 0 Å². The zero-order chi connectivity index (χ0) is 16.1. The summed E-state index contributed by atoms with van der Waals surface area (Å²) in [5.74, 6) is 0.305. The molecule has 1 aromatic carbocycles. The lowest BCUT2D eigenvalue weighted by molar-refractivity contribution is 0.191. The van der Waals surface area contributed by atoms with Crippen LogP contribution in [-0.4, -0.2) is 14.4 Å². The molecule has 0 spiro atoms. The lowest BCUT2D eigenvalue weighted by Gasteiger charge is -2.39. The van der Waals surface area contributed by atoms with Crippen LogP contribution in [0.15, 0.2) is 49.1 Å². The van der Waals surface area contributed by atoms with Crippen LogP contribution in [0.3, 0.4) is 0 Å². The second kappa shape index (κ2) is 7.23. The largest absolute Gasteiger partial charge is 0.410 e. The van der Waals surface area contributed by atoms with E-state index in [4.69, 9.17) is 4.43 Å². The maximum absolute atomic E-state index is 6.56. The molecule has 1 rings (SSSR count). The van der Waals surface area contributed by atoms with Crippen molar-refractivity contribution in [3.63, 3.8) is 0 Å². The fourth-order valence-corrected chi connectivity index (χ4v) is 3.07. The quantitative estimate of drug-likeness (QED) is 0.468. The minimum absolute atomic E-state index is 0.0867. The lowest BCUT2D eigenvalue weighted by atomic mass is 10.0. The Kier molecular flexibility index (Phi) is 6.18. The van der Waals surface area contributed by atoms with Gasteiger partial charge in [0.25, 0.3) is 0 Å². The van der Waals surface area contributed by atoms with Crippen molar-refractivity contribution >= 4 is 14.4 Å². The molecule has 0 saturated heterocycles. The highest BCUT2D eigenvalue weighted by Gasteiger charge is 2.39. The predicted octanol–water partition coefficient (Wildman–Crippen LogP) is 5.91. The van der Waals surface area contributed by atoms with Crippen LogP contribution in [0.5, 0.6) is 0 Å². The lowest BCUT2D eigenvalue weighted by Crippen LogP contribution is -2.44. The van der Waals surface area contributed by atoms with Crippen LogP contribution in [0.2, 0.25) is 18.1 Å². The van der Waals surface area contributed by atoms with Crippen molar-refractivity contribution in [1.82, 2.24) is 0 Å². The summed E-state index contributed by atoms with van der Waals surface area (Å²) in [6.07, 6.45) is 6.40. The Bertz CT molecular complexity index is 468. The molecule has 0 aliphatic carbocycles. The van der Waals surface area contributed by atoms with E-state index in [2.05, 4.69) is 83.8 Å². The predicted molar refractivity (Wildman–Crippen MR) is 96.9 cm³/mol. The van der Waals surface area contributed by atoms with Crippen molar-refractivity contribution in [2.45, 2.75) is 51.9 Å². The van der Waals surface area contributed by atoms with E-state index in [1.165, 1.54) is 5.56 Å². The van der Waals surface area contributed by atoms with Gasteiger partial charge in [-0.1, -0.05) is 76.3 Å². The van der Waals surface area contributed by atoms with Crippen molar-refractivity contribution < 1.29 is 4.43 Å². The van der Waals surface area contributed by atoms with Crippen LogP contribution in [0.4, 0.5) is 0 Å². The van der Waals surface area contributed by atoms with E-state index >= 15 is 0 Å². The van der Waals surface area contributed by atoms with E-state index in [9.17, 15) is 0 Å². The summed E-state index contributed by atoms with van der Waals surface area (Å²) in [4.78, 5) is 0. The molecule has 0 aliphatic rings. The van der Waals surface area contributed by atoms with Gasteiger partial charge in [-0.15, -0.1) is 6.58 Å². The number of benzene rings is 1. The van der Waals surface area contributed by atoms with Gasteiger partial charge in [0.05, 0.1) is 6.10 Å². The monoisotopic (exact) mass is 302 g/mol. The van der Waals surface area contributed by atoms with Crippen LogP contribution >= 0.6 is 0 Å². The third-order valence-electron chi connectivity index (χ3n) is 4.40. The third kappa shape index (κ3) is 5.29. The van der Waals surface area contributed by atoms with Crippen LogP contribution in [-0.2, 0) is 4.43 Å². The second-order valence-corrected chi connectivity index (χ2v) is 12.0. The Hall–Kier alpha value is -1.12. The fourth-order valence-electron chi connectivity index (χ4n) is 1.74. The van der Waals surface area contributed by atoms with Crippen molar-refractivity contribution in [2.24, 2.45) is 5.92 Å². The summed E-state index contributed by atoms with van der Waals surface area (Å²) in [6.45, 7) is 17.5. The average molecular weight is 303 g/mol. The molecule has 0 aromatic heterocycles. The van der Waals surface area contributed by atoms with Gasteiger partial charge in [-0.2, -0.15) is 0 Å². The molecule has 21 heavy (non-hydrogen) atoms. The first-order chi connectivity index (χ1) is 9.67. The number of hydrogen-bond acceptors (Lipinski definition) is 1. The van der Waals surface area contributed by atoms with Gasteiger partial charge in [0.1, 0.15) is 0 Å². The maximum atomic E-state index is 6.56. The van der Waals surface area contributed by atoms with E-state index in [-0.39, 0.29) is 11.1 Å². The van der Waals surface area contributed by atoms with E-state index in [1.807, 2.05) is 12.1 Å². The van der Waals surface area contributed by atoms with Gasteiger partial charge in [0.15, 0.2) is 8.32 Å². The molecule has 0 amide bonds. The summed E-state index contributed by atoms with van der Waals surface area (Å²) >= 11 is 0. The molecule has 1 aromatic rings. The molecule has 2 atom stereocenters. The Labute approximate surface area is 131 Å². The van der Waals surface area contributed by atoms with Gasteiger partial charge >= 0.3 is 0 Å². The molecule has 0 heterocycles. The summed E-state index contributed by atoms with van der Waals surface area (Å²) in [7, 11) is -1.78. The molecule has 1 nitrogen and oxygen atoms in total. The standard InChI is InChI=1S/C19H30OSi/c1-8-16(2)18(20-21(6,7)19(3,4)5)15-14-17-12-10-9-11-13-17/h8-16,18H,1H2,2-7H3/b15-14+/t16-,18+/m0/s1. The first kappa shape index (κ1) is 17.9. The van der Waals surface area contributed by atoms with Gasteiger partial charge in [-0.3, -0.25) is 0 Å². The SMILES string of the molecule is C=C[C@H](C)[C@@H](/C=C/c1ccccc1)O[Si](C)(C)C(C)(C)C. The third-order valence-corrected chi connectivity index (χ3v) is 8.88. The first-order valence-corrected chi connectivity index (χ1v) is 10.6. The molecular weight excluding hydrogens is 272 g/mol. The molecule has 0 saturated carbocycles. The van der Waals surface area contributed by atoms with Crippen LogP contribution < -0.4 is 0 Å². The van der Waals surface area contributed by atoms with Gasteiger partial charge in [-0.05, 0) is 23.7 Å². The normalized spacial score (nSPS) is 15.9. The molecule has 0 unspecified atom stereocenters.